The minimum atomic E-state index is -0.243. The molecule has 2 heterocycles. The molecule has 0 bridgehead atoms. The van der Waals surface area contributed by atoms with Crippen LogP contribution in [-0.4, -0.2) is 30.6 Å². The molecule has 2 aromatic heterocycles. The van der Waals surface area contributed by atoms with Gasteiger partial charge in [-0.3, -0.25) is 14.5 Å². The molecule has 144 valence electrons. The van der Waals surface area contributed by atoms with E-state index in [1.807, 2.05) is 61.5 Å². The van der Waals surface area contributed by atoms with Crippen molar-refractivity contribution in [1.82, 2.24) is 24.7 Å². The average molecular weight is 402 g/mol. The molecule has 0 saturated carbocycles. The summed E-state index contributed by atoms with van der Waals surface area (Å²) in [6.45, 7) is 2.03. The van der Waals surface area contributed by atoms with Gasteiger partial charge in [0.25, 0.3) is 0 Å². The number of hydrogen-bond donors (Lipinski definition) is 2. The third kappa shape index (κ3) is 4.27. The normalized spacial score (nSPS) is 10.7. The van der Waals surface area contributed by atoms with E-state index in [0.717, 1.165) is 16.7 Å². The van der Waals surface area contributed by atoms with Crippen molar-refractivity contribution in [3.63, 3.8) is 0 Å². The summed E-state index contributed by atoms with van der Waals surface area (Å²) in [5.41, 5.74) is 3.42. The van der Waals surface area contributed by atoms with Gasteiger partial charge in [0.15, 0.2) is 16.4 Å². The fraction of sp³-hybridized carbons (Fsp3) is 0.0952. The van der Waals surface area contributed by atoms with Gasteiger partial charge in [0.05, 0.1) is 18.1 Å². The van der Waals surface area contributed by atoms with Crippen LogP contribution < -0.4 is 5.32 Å². The van der Waals surface area contributed by atoms with Crippen molar-refractivity contribution < 1.29 is 4.79 Å². The van der Waals surface area contributed by atoms with Crippen LogP contribution in [0.25, 0.3) is 22.8 Å². The third-order valence-corrected chi connectivity index (χ3v) is 4.62. The molecular formula is C21H18N6OS. The molecule has 0 radical (unpaired) electrons. The van der Waals surface area contributed by atoms with Crippen molar-refractivity contribution in [2.45, 2.75) is 13.5 Å². The first-order valence-corrected chi connectivity index (χ1v) is 9.40. The number of aryl methyl sites for hydroxylation is 1. The average Bonchev–Trinajstić information content (AvgIpc) is 3.09. The van der Waals surface area contributed by atoms with Crippen molar-refractivity contribution >= 4 is 23.8 Å². The number of amides is 1. The van der Waals surface area contributed by atoms with Gasteiger partial charge in [0.2, 0.25) is 5.91 Å². The molecule has 2 N–H and O–H groups in total. The van der Waals surface area contributed by atoms with Gasteiger partial charge in [-0.1, -0.05) is 54.1 Å². The fourth-order valence-corrected chi connectivity index (χ4v) is 3.14. The van der Waals surface area contributed by atoms with Crippen LogP contribution in [0.3, 0.4) is 0 Å². The van der Waals surface area contributed by atoms with Crippen LogP contribution in [0.15, 0.2) is 67.0 Å². The lowest BCUT2D eigenvalue weighted by atomic mass is 10.1. The van der Waals surface area contributed by atoms with Crippen molar-refractivity contribution in [2.75, 3.05) is 5.32 Å². The van der Waals surface area contributed by atoms with Crippen LogP contribution in [0.4, 0.5) is 5.69 Å². The molecule has 1 amide bonds. The Morgan fingerprint density at radius 2 is 1.79 bits per heavy atom. The Balaban J connectivity index is 1.50. The topological polar surface area (TPSA) is 88.5 Å². The summed E-state index contributed by atoms with van der Waals surface area (Å²) in [6.07, 6.45) is 3.17. The van der Waals surface area contributed by atoms with E-state index in [2.05, 4.69) is 25.5 Å². The molecule has 0 unspecified atom stereocenters. The second-order valence-corrected chi connectivity index (χ2v) is 6.90. The molecule has 0 saturated heterocycles. The SMILES string of the molecule is Cc1cccc(-c2n[nH]c(=S)n2CC(=O)Nc2cnc(-c3ccccc3)nc2)c1. The first kappa shape index (κ1) is 18.7. The summed E-state index contributed by atoms with van der Waals surface area (Å²) >= 11 is 5.30. The molecule has 0 atom stereocenters. The predicted octanol–water partition coefficient (Wildman–Crippen LogP) is 4.01. The molecule has 4 rings (SSSR count). The van der Waals surface area contributed by atoms with Crippen molar-refractivity contribution in [3.05, 3.63) is 77.3 Å². The highest BCUT2D eigenvalue weighted by molar-refractivity contribution is 7.71. The number of aromatic nitrogens is 5. The van der Waals surface area contributed by atoms with Gasteiger partial charge in [0, 0.05) is 11.1 Å². The Bertz CT molecular complexity index is 1200. The zero-order valence-electron chi connectivity index (χ0n) is 15.7. The van der Waals surface area contributed by atoms with E-state index in [9.17, 15) is 4.79 Å². The molecular weight excluding hydrogens is 384 g/mol. The summed E-state index contributed by atoms with van der Waals surface area (Å²) in [4.78, 5) is 21.2. The number of H-pyrrole nitrogens is 1. The molecule has 4 aromatic rings. The second-order valence-electron chi connectivity index (χ2n) is 6.52. The molecule has 7 nitrogen and oxygen atoms in total. The van der Waals surface area contributed by atoms with E-state index >= 15 is 0 Å². The predicted molar refractivity (Wildman–Crippen MR) is 114 cm³/mol. The van der Waals surface area contributed by atoms with Gasteiger partial charge in [-0.15, -0.1) is 0 Å². The lowest BCUT2D eigenvalue weighted by molar-refractivity contribution is -0.116. The first-order chi connectivity index (χ1) is 14.1. The Morgan fingerprint density at radius 1 is 1.07 bits per heavy atom. The number of carbonyl (C=O) groups excluding carboxylic acids is 1. The van der Waals surface area contributed by atoms with Crippen molar-refractivity contribution in [3.8, 4) is 22.8 Å². The monoisotopic (exact) mass is 402 g/mol. The summed E-state index contributed by atoms with van der Waals surface area (Å²) in [5.74, 6) is 0.972. The van der Waals surface area contributed by atoms with E-state index in [1.54, 1.807) is 17.0 Å². The highest BCUT2D eigenvalue weighted by Gasteiger charge is 2.13. The lowest BCUT2D eigenvalue weighted by Crippen LogP contribution is -2.19. The van der Waals surface area contributed by atoms with Gasteiger partial charge in [-0.05, 0) is 25.2 Å². The van der Waals surface area contributed by atoms with Crippen LogP contribution in [0, 0.1) is 11.7 Å². The number of carbonyl (C=O) groups is 1. The number of hydrogen-bond acceptors (Lipinski definition) is 5. The van der Waals surface area contributed by atoms with Crippen molar-refractivity contribution in [1.29, 1.82) is 0 Å². The van der Waals surface area contributed by atoms with E-state index in [4.69, 9.17) is 12.2 Å². The minimum absolute atomic E-state index is 0.0268. The standard InChI is InChI=1S/C21H18N6OS/c1-14-6-5-9-16(10-14)20-25-26-21(29)27(20)13-18(28)24-17-11-22-19(23-12-17)15-7-3-2-4-8-15/h2-12H,13H2,1H3,(H,24,28)(H,26,29). The number of rotatable bonds is 5. The van der Waals surface area contributed by atoms with Crippen LogP contribution >= 0.6 is 12.2 Å². The van der Waals surface area contributed by atoms with E-state index in [0.29, 0.717) is 22.1 Å². The van der Waals surface area contributed by atoms with Gasteiger partial charge < -0.3 is 5.32 Å². The molecule has 0 aliphatic rings. The maximum Gasteiger partial charge on any atom is 0.244 e. The van der Waals surface area contributed by atoms with Gasteiger partial charge >= 0.3 is 0 Å². The summed E-state index contributed by atoms with van der Waals surface area (Å²) in [5, 5.41) is 9.84. The van der Waals surface area contributed by atoms with Gasteiger partial charge in [0.1, 0.15) is 6.54 Å². The Morgan fingerprint density at radius 3 is 2.52 bits per heavy atom. The van der Waals surface area contributed by atoms with Crippen LogP contribution in [0.2, 0.25) is 0 Å². The number of benzene rings is 2. The smallest absolute Gasteiger partial charge is 0.244 e. The Labute approximate surface area is 172 Å². The number of aromatic amines is 1. The van der Waals surface area contributed by atoms with Gasteiger partial charge in [-0.2, -0.15) is 5.10 Å². The van der Waals surface area contributed by atoms with Crippen LogP contribution in [-0.2, 0) is 11.3 Å². The summed E-state index contributed by atoms with van der Waals surface area (Å²) < 4.78 is 2.05. The maximum absolute atomic E-state index is 12.6. The maximum atomic E-state index is 12.6. The molecule has 29 heavy (non-hydrogen) atoms. The highest BCUT2D eigenvalue weighted by Crippen LogP contribution is 2.19. The van der Waals surface area contributed by atoms with E-state index < -0.39 is 0 Å². The zero-order chi connectivity index (χ0) is 20.2. The first-order valence-electron chi connectivity index (χ1n) is 9.00. The van der Waals surface area contributed by atoms with Crippen molar-refractivity contribution in [2.24, 2.45) is 0 Å². The number of nitrogens with zero attached hydrogens (tertiary/aromatic N) is 4. The molecule has 0 aliphatic carbocycles. The summed E-state index contributed by atoms with van der Waals surface area (Å²) in [6, 6.07) is 17.5. The lowest BCUT2D eigenvalue weighted by Gasteiger charge is -2.09. The largest absolute Gasteiger partial charge is 0.322 e. The fourth-order valence-electron chi connectivity index (χ4n) is 2.94. The minimum Gasteiger partial charge on any atom is -0.322 e. The Kier molecular flexibility index (Phi) is 5.26. The molecule has 0 fully saturated rings. The van der Waals surface area contributed by atoms with E-state index in [1.165, 1.54) is 0 Å². The molecule has 8 heteroatoms. The third-order valence-electron chi connectivity index (χ3n) is 4.30. The van der Waals surface area contributed by atoms with Gasteiger partial charge in [-0.25, -0.2) is 9.97 Å². The van der Waals surface area contributed by atoms with Crippen LogP contribution in [0.5, 0.6) is 0 Å². The molecule has 0 spiro atoms. The summed E-state index contributed by atoms with van der Waals surface area (Å²) in [7, 11) is 0. The second kappa shape index (κ2) is 8.15. The van der Waals surface area contributed by atoms with E-state index in [-0.39, 0.29) is 12.5 Å². The quantitative estimate of drug-likeness (QED) is 0.493. The highest BCUT2D eigenvalue weighted by atomic mass is 32.1. The molecule has 2 aromatic carbocycles. The Hall–Kier alpha value is -3.65. The van der Waals surface area contributed by atoms with Crippen LogP contribution in [0.1, 0.15) is 5.56 Å². The zero-order valence-corrected chi connectivity index (χ0v) is 16.5. The number of anilines is 1. The molecule has 0 aliphatic heterocycles. The number of nitrogens with one attached hydrogen (secondary N) is 2.